The van der Waals surface area contributed by atoms with Crippen molar-refractivity contribution in [2.45, 2.75) is 25.9 Å². The van der Waals surface area contributed by atoms with Crippen molar-refractivity contribution < 1.29 is 9.53 Å². The third kappa shape index (κ3) is 3.47. The Morgan fingerprint density at radius 3 is 2.83 bits per heavy atom. The summed E-state index contributed by atoms with van der Waals surface area (Å²) < 4.78 is 5.56. The summed E-state index contributed by atoms with van der Waals surface area (Å²) in [6.07, 6.45) is 2.35. The molecule has 4 nitrogen and oxygen atoms in total. The van der Waals surface area contributed by atoms with Crippen LogP contribution >= 0.6 is 0 Å². The summed E-state index contributed by atoms with van der Waals surface area (Å²) in [6, 6.07) is 9.46. The number of benzene rings is 1. The quantitative estimate of drug-likeness (QED) is 0.890. The van der Waals surface area contributed by atoms with Gasteiger partial charge in [-0.25, -0.2) is 4.79 Å². The van der Waals surface area contributed by atoms with Crippen LogP contribution in [0.1, 0.15) is 19.8 Å². The van der Waals surface area contributed by atoms with Crippen LogP contribution in [0.25, 0.3) is 0 Å². The van der Waals surface area contributed by atoms with Gasteiger partial charge in [-0.1, -0.05) is 18.2 Å². The highest BCUT2D eigenvalue weighted by Gasteiger charge is 2.21. The Morgan fingerprint density at radius 2 is 2.22 bits per heavy atom. The maximum atomic E-state index is 12.1. The molecule has 4 heteroatoms. The summed E-state index contributed by atoms with van der Waals surface area (Å²) in [4.78, 5) is 13.9. The fraction of sp³-hybridized carbons (Fsp3) is 0.500. The Hall–Kier alpha value is -1.55. The van der Waals surface area contributed by atoms with Crippen LogP contribution in [0.3, 0.4) is 0 Å². The summed E-state index contributed by atoms with van der Waals surface area (Å²) in [5.74, 6) is 0. The first-order valence-electron chi connectivity index (χ1n) is 6.52. The van der Waals surface area contributed by atoms with Crippen LogP contribution in [-0.4, -0.2) is 36.7 Å². The van der Waals surface area contributed by atoms with E-state index in [9.17, 15) is 4.79 Å². The molecule has 1 unspecified atom stereocenters. The van der Waals surface area contributed by atoms with Crippen LogP contribution in [-0.2, 0) is 4.74 Å². The fourth-order valence-corrected chi connectivity index (χ4v) is 2.11. The predicted molar refractivity (Wildman–Crippen MR) is 71.7 cm³/mol. The van der Waals surface area contributed by atoms with Gasteiger partial charge in [-0.15, -0.1) is 0 Å². The van der Waals surface area contributed by atoms with Gasteiger partial charge in [0.2, 0.25) is 0 Å². The number of ether oxygens (including phenoxy) is 1. The molecule has 0 spiro atoms. The standard InChI is InChI=1S/C14H20N2O2/c1-2-16(11-13-9-6-10-18-13)14(17)15-12-7-4-3-5-8-12/h3-5,7-8,13H,2,6,9-11H2,1H3,(H,15,17). The molecule has 1 aliphatic heterocycles. The number of carbonyl (C=O) groups is 1. The average molecular weight is 248 g/mol. The SMILES string of the molecule is CCN(CC1CCCO1)C(=O)Nc1ccccc1. The number of nitrogens with zero attached hydrogens (tertiary/aromatic N) is 1. The number of likely N-dealkylation sites (N-methyl/N-ethyl adjacent to an activating group) is 1. The number of urea groups is 1. The van der Waals surface area contributed by atoms with Crippen molar-refractivity contribution in [2.24, 2.45) is 0 Å². The molecule has 1 aromatic carbocycles. The predicted octanol–water partition coefficient (Wildman–Crippen LogP) is 2.72. The van der Waals surface area contributed by atoms with Gasteiger partial charge in [-0.2, -0.15) is 0 Å². The van der Waals surface area contributed by atoms with Crippen LogP contribution in [0, 0.1) is 0 Å². The van der Waals surface area contributed by atoms with E-state index >= 15 is 0 Å². The summed E-state index contributed by atoms with van der Waals surface area (Å²) in [5, 5.41) is 2.90. The number of carbonyl (C=O) groups excluding carboxylic acids is 1. The summed E-state index contributed by atoms with van der Waals surface area (Å²) >= 11 is 0. The molecule has 2 rings (SSSR count). The summed E-state index contributed by atoms with van der Waals surface area (Å²) in [5.41, 5.74) is 0.827. The molecule has 1 saturated heterocycles. The maximum Gasteiger partial charge on any atom is 0.321 e. The number of nitrogens with one attached hydrogen (secondary N) is 1. The van der Waals surface area contributed by atoms with E-state index in [0.29, 0.717) is 13.1 Å². The smallest absolute Gasteiger partial charge is 0.321 e. The molecule has 1 aromatic rings. The van der Waals surface area contributed by atoms with E-state index in [0.717, 1.165) is 25.1 Å². The van der Waals surface area contributed by atoms with E-state index in [1.807, 2.05) is 37.3 Å². The topological polar surface area (TPSA) is 41.6 Å². The van der Waals surface area contributed by atoms with Crippen LogP contribution in [0.5, 0.6) is 0 Å². The molecule has 0 aromatic heterocycles. The van der Waals surface area contributed by atoms with Gasteiger partial charge in [0.05, 0.1) is 6.10 Å². The molecule has 0 saturated carbocycles. The minimum atomic E-state index is -0.0563. The number of amides is 2. The highest BCUT2D eigenvalue weighted by Crippen LogP contribution is 2.14. The van der Waals surface area contributed by atoms with Gasteiger partial charge in [-0.3, -0.25) is 0 Å². The normalized spacial score (nSPS) is 18.6. The lowest BCUT2D eigenvalue weighted by atomic mass is 10.2. The minimum absolute atomic E-state index is 0.0563. The molecule has 1 atom stereocenters. The first-order valence-corrected chi connectivity index (χ1v) is 6.52. The lowest BCUT2D eigenvalue weighted by Gasteiger charge is -2.24. The van der Waals surface area contributed by atoms with Gasteiger partial charge >= 0.3 is 6.03 Å². The van der Waals surface area contributed by atoms with Crippen molar-refractivity contribution in [3.05, 3.63) is 30.3 Å². The fourth-order valence-electron chi connectivity index (χ4n) is 2.11. The molecule has 98 valence electrons. The van der Waals surface area contributed by atoms with E-state index in [2.05, 4.69) is 5.32 Å². The van der Waals surface area contributed by atoms with Crippen molar-refractivity contribution in [3.63, 3.8) is 0 Å². The van der Waals surface area contributed by atoms with E-state index < -0.39 is 0 Å². The van der Waals surface area contributed by atoms with E-state index in [1.54, 1.807) is 4.90 Å². The molecule has 0 bridgehead atoms. The monoisotopic (exact) mass is 248 g/mol. The molecule has 1 aliphatic rings. The number of anilines is 1. The van der Waals surface area contributed by atoms with Gasteiger partial charge in [0.25, 0.3) is 0 Å². The molecule has 2 amide bonds. The Labute approximate surface area is 108 Å². The highest BCUT2D eigenvalue weighted by molar-refractivity contribution is 5.89. The van der Waals surface area contributed by atoms with E-state index in [4.69, 9.17) is 4.74 Å². The van der Waals surface area contributed by atoms with E-state index in [-0.39, 0.29) is 12.1 Å². The summed E-state index contributed by atoms with van der Waals surface area (Å²) in [7, 11) is 0. The lowest BCUT2D eigenvalue weighted by molar-refractivity contribution is 0.0849. The number of para-hydroxylation sites is 1. The Balaban J connectivity index is 1.88. The zero-order valence-corrected chi connectivity index (χ0v) is 10.8. The van der Waals surface area contributed by atoms with Gasteiger partial charge in [0, 0.05) is 25.4 Å². The zero-order chi connectivity index (χ0) is 12.8. The zero-order valence-electron chi connectivity index (χ0n) is 10.8. The van der Waals surface area contributed by atoms with Crippen molar-refractivity contribution >= 4 is 11.7 Å². The molecule has 1 N–H and O–H groups in total. The highest BCUT2D eigenvalue weighted by atomic mass is 16.5. The van der Waals surface area contributed by atoms with E-state index in [1.165, 1.54) is 0 Å². The Morgan fingerprint density at radius 1 is 1.44 bits per heavy atom. The molecule has 18 heavy (non-hydrogen) atoms. The van der Waals surface area contributed by atoms with Crippen molar-refractivity contribution in [1.82, 2.24) is 4.90 Å². The van der Waals surface area contributed by atoms with Gasteiger partial charge in [-0.05, 0) is 31.9 Å². The number of hydrogen-bond donors (Lipinski definition) is 1. The average Bonchev–Trinajstić information content (AvgIpc) is 2.90. The molecule has 1 heterocycles. The van der Waals surface area contributed by atoms with Crippen LogP contribution < -0.4 is 5.32 Å². The second kappa shape index (κ2) is 6.40. The summed E-state index contributed by atoms with van der Waals surface area (Å²) in [6.45, 7) is 4.18. The van der Waals surface area contributed by atoms with Crippen LogP contribution in [0.2, 0.25) is 0 Å². The third-order valence-electron chi connectivity index (χ3n) is 3.14. The van der Waals surface area contributed by atoms with Crippen molar-refractivity contribution in [2.75, 3.05) is 25.0 Å². The first kappa shape index (κ1) is 12.9. The van der Waals surface area contributed by atoms with Gasteiger partial charge < -0.3 is 15.0 Å². The first-order chi connectivity index (χ1) is 8.79. The number of rotatable bonds is 4. The second-order valence-electron chi connectivity index (χ2n) is 4.47. The van der Waals surface area contributed by atoms with Crippen LogP contribution in [0.15, 0.2) is 30.3 Å². The lowest BCUT2D eigenvalue weighted by Crippen LogP contribution is -2.39. The van der Waals surface area contributed by atoms with Gasteiger partial charge in [0.15, 0.2) is 0 Å². The van der Waals surface area contributed by atoms with Crippen molar-refractivity contribution in [3.8, 4) is 0 Å². The molecular weight excluding hydrogens is 228 g/mol. The Kier molecular flexibility index (Phi) is 4.59. The molecule has 0 aliphatic carbocycles. The van der Waals surface area contributed by atoms with Crippen LogP contribution in [0.4, 0.5) is 10.5 Å². The third-order valence-corrected chi connectivity index (χ3v) is 3.14. The largest absolute Gasteiger partial charge is 0.376 e. The maximum absolute atomic E-state index is 12.1. The minimum Gasteiger partial charge on any atom is -0.376 e. The van der Waals surface area contributed by atoms with Gasteiger partial charge in [0.1, 0.15) is 0 Å². The molecular formula is C14H20N2O2. The number of hydrogen-bond acceptors (Lipinski definition) is 2. The Bertz CT molecular complexity index is 375. The molecule has 0 radical (unpaired) electrons. The van der Waals surface area contributed by atoms with Crippen molar-refractivity contribution in [1.29, 1.82) is 0 Å². The second-order valence-corrected chi connectivity index (χ2v) is 4.47. The molecule has 1 fully saturated rings.